The topological polar surface area (TPSA) is 60.7 Å². The third-order valence-corrected chi connectivity index (χ3v) is 7.36. The Balaban J connectivity index is 2.10. The average Bonchev–Trinajstić information content (AvgIpc) is 2.48. The van der Waals surface area contributed by atoms with Gasteiger partial charge in [-0.25, -0.2) is 0 Å². The first-order chi connectivity index (χ1) is 10.5. The van der Waals surface area contributed by atoms with Crippen LogP contribution >= 0.6 is 0 Å². The molecule has 0 aromatic heterocycles. The molecule has 0 unspecified atom stereocenters. The zero-order valence-corrected chi connectivity index (χ0v) is 14.9. The Bertz CT molecular complexity index is 537. The first kappa shape index (κ1) is 17.2. The van der Waals surface area contributed by atoms with Gasteiger partial charge in [-0.3, -0.25) is 0 Å². The Morgan fingerprint density at radius 3 is 2.43 bits per heavy atom. The Kier molecular flexibility index (Phi) is 3.87. The molecule has 3 rings (SSSR count). The van der Waals surface area contributed by atoms with Crippen LogP contribution < -0.4 is 0 Å². The van der Waals surface area contributed by atoms with Crippen molar-refractivity contribution in [1.82, 2.24) is 0 Å². The van der Waals surface area contributed by atoms with Crippen LogP contribution in [0.4, 0.5) is 0 Å². The van der Waals surface area contributed by atoms with Crippen molar-refractivity contribution in [3.63, 3.8) is 0 Å². The fourth-order valence-corrected chi connectivity index (χ4v) is 5.97. The minimum absolute atomic E-state index is 0.0796. The maximum absolute atomic E-state index is 10.9. The van der Waals surface area contributed by atoms with Gasteiger partial charge in [0.05, 0.1) is 18.3 Å². The van der Waals surface area contributed by atoms with Crippen molar-refractivity contribution in [1.29, 1.82) is 0 Å². The van der Waals surface area contributed by atoms with Crippen LogP contribution in [0, 0.1) is 28.1 Å². The summed E-state index contributed by atoms with van der Waals surface area (Å²) in [5.74, 6) is 0.340. The largest absolute Gasteiger partial charge is 0.390 e. The van der Waals surface area contributed by atoms with Crippen LogP contribution in [0.2, 0.25) is 0 Å². The van der Waals surface area contributed by atoms with E-state index in [0.29, 0.717) is 12.8 Å². The van der Waals surface area contributed by atoms with E-state index in [0.717, 1.165) is 18.4 Å². The van der Waals surface area contributed by atoms with Gasteiger partial charge >= 0.3 is 0 Å². The van der Waals surface area contributed by atoms with E-state index in [-0.39, 0.29) is 28.1 Å². The standard InChI is InChI=1S/C20H32O3/c1-6-19(4)8-7-13-12(10-19)14(21)9-16-18(2,3)11-15(22)17(23)20(13,16)5/h6,10,13-17,21-23H,1,7-9,11H2,2-5H3/t13-,14+,15-,16-,17-,19-,20+/m0/s1. The lowest BCUT2D eigenvalue weighted by Gasteiger charge is -2.63. The van der Waals surface area contributed by atoms with Gasteiger partial charge in [0.1, 0.15) is 0 Å². The summed E-state index contributed by atoms with van der Waals surface area (Å²) in [6.45, 7) is 12.6. The molecule has 3 N–H and O–H groups in total. The highest BCUT2D eigenvalue weighted by Crippen LogP contribution is 2.63. The number of rotatable bonds is 1. The maximum atomic E-state index is 10.9. The molecule has 0 bridgehead atoms. The van der Waals surface area contributed by atoms with Crippen LogP contribution in [0.3, 0.4) is 0 Å². The average molecular weight is 320 g/mol. The lowest BCUT2D eigenvalue weighted by molar-refractivity contribution is -0.201. The summed E-state index contributed by atoms with van der Waals surface area (Å²) in [5.41, 5.74) is 0.513. The molecule has 130 valence electrons. The van der Waals surface area contributed by atoms with Gasteiger partial charge in [0.2, 0.25) is 0 Å². The second kappa shape index (κ2) is 5.18. The molecule has 3 heteroatoms. The monoisotopic (exact) mass is 320 g/mol. The molecule has 23 heavy (non-hydrogen) atoms. The highest BCUT2D eigenvalue weighted by molar-refractivity contribution is 5.30. The number of allylic oxidation sites excluding steroid dienone is 2. The van der Waals surface area contributed by atoms with Gasteiger partial charge in [-0.15, -0.1) is 6.58 Å². The summed E-state index contributed by atoms with van der Waals surface area (Å²) in [7, 11) is 0. The SMILES string of the molecule is C=C[C@]1(C)C=C2[C@H](O)C[C@H]3C(C)(C)C[C@H](O)[C@H](O)[C@]3(C)[C@H]2CC1. The molecular formula is C20H32O3. The molecule has 7 atom stereocenters. The normalized spacial score (nSPS) is 52.1. The van der Waals surface area contributed by atoms with Crippen molar-refractivity contribution in [3.8, 4) is 0 Å². The fraction of sp³-hybridized carbons (Fsp3) is 0.800. The highest BCUT2D eigenvalue weighted by Gasteiger charge is 2.62. The van der Waals surface area contributed by atoms with E-state index in [1.54, 1.807) is 0 Å². The van der Waals surface area contributed by atoms with Crippen molar-refractivity contribution >= 4 is 0 Å². The van der Waals surface area contributed by atoms with E-state index in [1.807, 2.05) is 6.08 Å². The number of aliphatic hydroxyl groups excluding tert-OH is 3. The molecule has 0 spiro atoms. The quantitative estimate of drug-likeness (QED) is 0.651. The van der Waals surface area contributed by atoms with E-state index in [1.165, 1.54) is 0 Å². The third-order valence-electron chi connectivity index (χ3n) is 7.36. The minimum atomic E-state index is -0.727. The fourth-order valence-electron chi connectivity index (χ4n) is 5.97. The summed E-state index contributed by atoms with van der Waals surface area (Å²) in [4.78, 5) is 0. The Morgan fingerprint density at radius 1 is 1.17 bits per heavy atom. The van der Waals surface area contributed by atoms with Crippen molar-refractivity contribution in [3.05, 3.63) is 24.3 Å². The second-order valence-corrected chi connectivity index (χ2v) is 9.32. The van der Waals surface area contributed by atoms with Gasteiger partial charge in [0.25, 0.3) is 0 Å². The Labute approximate surface area is 140 Å². The molecule has 0 amide bonds. The van der Waals surface area contributed by atoms with Crippen LogP contribution in [0.1, 0.15) is 53.4 Å². The number of hydrogen-bond acceptors (Lipinski definition) is 3. The Morgan fingerprint density at radius 2 is 1.83 bits per heavy atom. The van der Waals surface area contributed by atoms with Gasteiger partial charge in [-0.1, -0.05) is 39.8 Å². The maximum Gasteiger partial charge on any atom is 0.0861 e. The minimum Gasteiger partial charge on any atom is -0.390 e. The van der Waals surface area contributed by atoms with Crippen molar-refractivity contribution in [2.45, 2.75) is 71.7 Å². The molecule has 0 aliphatic heterocycles. The van der Waals surface area contributed by atoms with E-state index in [9.17, 15) is 15.3 Å². The van der Waals surface area contributed by atoms with Crippen molar-refractivity contribution in [2.24, 2.45) is 28.1 Å². The molecular weight excluding hydrogens is 288 g/mol. The van der Waals surface area contributed by atoms with E-state index >= 15 is 0 Å². The van der Waals surface area contributed by atoms with E-state index in [2.05, 4.69) is 40.3 Å². The van der Waals surface area contributed by atoms with E-state index in [4.69, 9.17) is 0 Å². The van der Waals surface area contributed by atoms with Crippen LogP contribution in [-0.2, 0) is 0 Å². The van der Waals surface area contributed by atoms with E-state index < -0.39 is 18.3 Å². The first-order valence-corrected chi connectivity index (χ1v) is 8.95. The predicted molar refractivity (Wildman–Crippen MR) is 91.7 cm³/mol. The second-order valence-electron chi connectivity index (χ2n) is 9.32. The zero-order valence-electron chi connectivity index (χ0n) is 14.9. The summed E-state index contributed by atoms with van der Waals surface area (Å²) >= 11 is 0. The van der Waals surface area contributed by atoms with Crippen LogP contribution in [0.25, 0.3) is 0 Å². The van der Waals surface area contributed by atoms with Crippen molar-refractivity contribution < 1.29 is 15.3 Å². The van der Waals surface area contributed by atoms with Gasteiger partial charge in [0.15, 0.2) is 0 Å². The first-order valence-electron chi connectivity index (χ1n) is 8.95. The summed E-state index contributed by atoms with van der Waals surface area (Å²) in [6, 6.07) is 0. The molecule has 2 saturated carbocycles. The molecule has 2 fully saturated rings. The molecule has 0 saturated heterocycles. The molecule has 3 aliphatic rings. The smallest absolute Gasteiger partial charge is 0.0861 e. The van der Waals surface area contributed by atoms with Crippen molar-refractivity contribution in [2.75, 3.05) is 0 Å². The van der Waals surface area contributed by atoms with Crippen LogP contribution in [0.5, 0.6) is 0 Å². The molecule has 0 heterocycles. The zero-order chi connectivity index (χ0) is 17.2. The number of hydrogen-bond donors (Lipinski definition) is 3. The predicted octanol–water partition coefficient (Wildman–Crippen LogP) is 3.05. The van der Waals surface area contributed by atoms with Crippen LogP contribution in [0.15, 0.2) is 24.3 Å². The molecule has 0 aromatic carbocycles. The number of aliphatic hydroxyl groups is 3. The molecule has 3 nitrogen and oxygen atoms in total. The summed E-state index contributed by atoms with van der Waals surface area (Å²) in [6.07, 6.45) is 5.46. The van der Waals surface area contributed by atoms with Gasteiger partial charge in [-0.05, 0) is 48.5 Å². The lowest BCUT2D eigenvalue weighted by Crippen LogP contribution is -2.64. The molecule has 0 aromatic rings. The molecule has 0 radical (unpaired) electrons. The van der Waals surface area contributed by atoms with Gasteiger partial charge in [0, 0.05) is 10.8 Å². The van der Waals surface area contributed by atoms with Crippen LogP contribution in [-0.4, -0.2) is 33.6 Å². The highest BCUT2D eigenvalue weighted by atomic mass is 16.3. The lowest BCUT2D eigenvalue weighted by atomic mass is 9.43. The molecule has 3 aliphatic carbocycles. The summed E-state index contributed by atoms with van der Waals surface area (Å²) in [5, 5.41) is 32.2. The van der Waals surface area contributed by atoms with Gasteiger partial charge < -0.3 is 15.3 Å². The third kappa shape index (κ3) is 2.35. The number of fused-ring (bicyclic) bond motifs is 3. The summed E-state index contributed by atoms with van der Waals surface area (Å²) < 4.78 is 0. The Hall–Kier alpha value is -0.640. The van der Waals surface area contributed by atoms with Gasteiger partial charge in [-0.2, -0.15) is 0 Å².